The first kappa shape index (κ1) is 23.5. The van der Waals surface area contributed by atoms with Crippen molar-refractivity contribution >= 4 is 37.8 Å². The molecule has 0 aliphatic heterocycles. The molecule has 0 saturated heterocycles. The van der Waals surface area contributed by atoms with Crippen molar-refractivity contribution in [3.05, 3.63) is 56.7 Å². The van der Waals surface area contributed by atoms with Crippen molar-refractivity contribution in [1.29, 1.82) is 4.78 Å². The third-order valence-corrected chi connectivity index (χ3v) is 6.78. The van der Waals surface area contributed by atoms with Gasteiger partial charge in [0.1, 0.15) is 11.6 Å². The van der Waals surface area contributed by atoms with Gasteiger partial charge < -0.3 is 10.3 Å². The molecule has 1 aromatic carbocycles. The fourth-order valence-corrected chi connectivity index (χ4v) is 4.97. The molecule has 2 atom stereocenters. The summed E-state index contributed by atoms with van der Waals surface area (Å²) in [6.07, 6.45) is -3.33. The van der Waals surface area contributed by atoms with Crippen LogP contribution in [0.15, 0.2) is 23.2 Å². The molecule has 0 aliphatic rings. The lowest BCUT2D eigenvalue weighted by atomic mass is 9.98. The second kappa shape index (κ2) is 8.40. The van der Waals surface area contributed by atoms with Gasteiger partial charge in [0.05, 0.1) is 20.7 Å². The number of imidazole rings is 1. The first-order valence-electron chi connectivity index (χ1n) is 8.81. The molecule has 31 heavy (non-hydrogen) atoms. The van der Waals surface area contributed by atoms with E-state index in [1.165, 1.54) is 31.4 Å². The van der Waals surface area contributed by atoms with E-state index in [1.807, 2.05) is 0 Å². The number of H-pyrrole nitrogens is 1. The fraction of sp³-hybridized carbons (Fsp3) is 0.333. The standard InChI is InChI=1S/C18H18ClF4N5OS2/c1-8-16(31(3,24)29)28-15(26-8)11(10-4-5-13(20)12(19)6-10)7-25-17-27-14(9(2)30-17)18(21,22)23/h4-6,11,24H,7H2,1-3H3,(H,25,27)(H,26,28)/t11-,31-/m1/s1. The van der Waals surface area contributed by atoms with Crippen molar-refractivity contribution in [3.8, 4) is 0 Å². The zero-order valence-corrected chi connectivity index (χ0v) is 18.9. The highest BCUT2D eigenvalue weighted by Crippen LogP contribution is 2.36. The number of anilines is 1. The second-order valence-corrected chi connectivity index (χ2v) is 10.6. The van der Waals surface area contributed by atoms with E-state index < -0.39 is 33.3 Å². The third-order valence-electron chi connectivity index (χ3n) is 4.43. The Balaban J connectivity index is 1.98. The molecule has 168 valence electrons. The summed E-state index contributed by atoms with van der Waals surface area (Å²) in [5.74, 6) is -0.929. The average Bonchev–Trinajstić information content (AvgIpc) is 3.20. The van der Waals surface area contributed by atoms with Crippen LogP contribution in [0.3, 0.4) is 0 Å². The van der Waals surface area contributed by atoms with Crippen LogP contribution in [0.1, 0.15) is 33.6 Å². The number of aromatic amines is 1. The van der Waals surface area contributed by atoms with Gasteiger partial charge in [-0.15, -0.1) is 11.3 Å². The minimum Gasteiger partial charge on any atom is -0.360 e. The molecule has 0 fully saturated rings. The number of thiazole rings is 1. The van der Waals surface area contributed by atoms with Crippen LogP contribution in [-0.2, 0) is 15.9 Å². The van der Waals surface area contributed by atoms with Gasteiger partial charge in [-0.05, 0) is 31.5 Å². The number of aryl methyl sites for hydroxylation is 2. The van der Waals surface area contributed by atoms with Gasteiger partial charge in [0.2, 0.25) is 0 Å². The largest absolute Gasteiger partial charge is 0.434 e. The molecule has 0 spiro atoms. The van der Waals surface area contributed by atoms with Crippen molar-refractivity contribution in [1.82, 2.24) is 15.0 Å². The number of rotatable bonds is 6. The molecule has 0 radical (unpaired) electrons. The minimum absolute atomic E-state index is 0.0208. The van der Waals surface area contributed by atoms with Crippen molar-refractivity contribution in [2.45, 2.75) is 31.0 Å². The Hall–Kier alpha value is -2.18. The molecule has 0 amide bonds. The van der Waals surface area contributed by atoms with Gasteiger partial charge in [0.15, 0.2) is 15.9 Å². The number of aromatic nitrogens is 3. The Morgan fingerprint density at radius 3 is 2.52 bits per heavy atom. The Morgan fingerprint density at radius 2 is 2.00 bits per heavy atom. The van der Waals surface area contributed by atoms with E-state index in [0.29, 0.717) is 17.1 Å². The van der Waals surface area contributed by atoms with Crippen molar-refractivity contribution in [2.75, 3.05) is 18.1 Å². The number of halogens is 5. The van der Waals surface area contributed by atoms with Gasteiger partial charge in [-0.25, -0.2) is 23.3 Å². The normalized spacial score (nSPS) is 15.0. The van der Waals surface area contributed by atoms with E-state index in [2.05, 4.69) is 20.3 Å². The summed E-state index contributed by atoms with van der Waals surface area (Å²) in [5.41, 5.74) is -0.00583. The summed E-state index contributed by atoms with van der Waals surface area (Å²) in [7, 11) is -3.11. The van der Waals surface area contributed by atoms with Gasteiger partial charge in [-0.1, -0.05) is 17.7 Å². The third kappa shape index (κ3) is 5.18. The minimum atomic E-state index is -4.56. The maximum atomic E-state index is 13.7. The molecule has 2 aromatic heterocycles. The molecule has 0 bridgehead atoms. The van der Waals surface area contributed by atoms with E-state index in [0.717, 1.165) is 11.3 Å². The molecule has 0 saturated carbocycles. The van der Waals surface area contributed by atoms with Crippen molar-refractivity contribution < 1.29 is 21.8 Å². The zero-order chi connectivity index (χ0) is 23.1. The fourth-order valence-electron chi connectivity index (χ4n) is 3.04. The van der Waals surface area contributed by atoms with Crippen LogP contribution >= 0.6 is 22.9 Å². The number of hydrogen-bond donors (Lipinski definition) is 3. The summed E-state index contributed by atoms with van der Waals surface area (Å²) in [6.45, 7) is 2.99. The van der Waals surface area contributed by atoms with E-state index >= 15 is 0 Å². The Kier molecular flexibility index (Phi) is 6.36. The van der Waals surface area contributed by atoms with Gasteiger partial charge in [-0.2, -0.15) is 13.2 Å². The number of nitrogens with one attached hydrogen (secondary N) is 3. The first-order chi connectivity index (χ1) is 14.3. The van der Waals surface area contributed by atoms with E-state index in [1.54, 1.807) is 6.92 Å². The molecule has 6 nitrogen and oxygen atoms in total. The molecular weight excluding hydrogens is 478 g/mol. The predicted octanol–water partition coefficient (Wildman–Crippen LogP) is 5.57. The van der Waals surface area contributed by atoms with Crippen LogP contribution < -0.4 is 5.32 Å². The SMILES string of the molecule is Cc1[nH]c([C@H](CNc2nc(C(F)(F)F)c(C)s2)c2ccc(F)c(Cl)c2)nc1[S@](C)(=N)=O. The molecule has 3 rings (SSSR count). The lowest BCUT2D eigenvalue weighted by molar-refractivity contribution is -0.141. The molecular formula is C18H18ClF4N5OS2. The predicted molar refractivity (Wildman–Crippen MR) is 112 cm³/mol. The highest BCUT2D eigenvalue weighted by molar-refractivity contribution is 7.91. The van der Waals surface area contributed by atoms with E-state index in [9.17, 15) is 21.8 Å². The maximum absolute atomic E-state index is 13.7. The number of alkyl halides is 3. The van der Waals surface area contributed by atoms with Gasteiger partial charge in [-0.3, -0.25) is 0 Å². The molecule has 3 aromatic rings. The zero-order valence-electron chi connectivity index (χ0n) is 16.5. The van der Waals surface area contributed by atoms with Crippen molar-refractivity contribution in [3.63, 3.8) is 0 Å². The summed E-state index contributed by atoms with van der Waals surface area (Å²) in [6, 6.07) is 4.03. The summed E-state index contributed by atoms with van der Waals surface area (Å²) < 4.78 is 72.7. The Labute approximate surface area is 185 Å². The quantitative estimate of drug-likeness (QED) is 0.389. The van der Waals surface area contributed by atoms with E-state index in [-0.39, 0.29) is 26.6 Å². The maximum Gasteiger partial charge on any atom is 0.434 e. The van der Waals surface area contributed by atoms with Gasteiger partial charge in [0.25, 0.3) is 0 Å². The molecule has 13 heteroatoms. The van der Waals surface area contributed by atoms with Crippen LogP contribution in [0, 0.1) is 24.4 Å². The molecule has 2 heterocycles. The van der Waals surface area contributed by atoms with Crippen LogP contribution in [0.25, 0.3) is 0 Å². The molecule has 0 unspecified atom stereocenters. The van der Waals surface area contributed by atoms with Crippen LogP contribution in [0.2, 0.25) is 5.02 Å². The van der Waals surface area contributed by atoms with Crippen LogP contribution in [-0.4, -0.2) is 32.0 Å². The highest BCUT2D eigenvalue weighted by atomic mass is 35.5. The lowest BCUT2D eigenvalue weighted by Crippen LogP contribution is -2.16. The smallest absolute Gasteiger partial charge is 0.360 e. The highest BCUT2D eigenvalue weighted by Gasteiger charge is 2.36. The number of benzene rings is 1. The van der Waals surface area contributed by atoms with Gasteiger partial charge in [0, 0.05) is 23.4 Å². The summed E-state index contributed by atoms with van der Waals surface area (Å²) >= 11 is 6.77. The monoisotopic (exact) mass is 495 g/mol. The molecule has 0 aliphatic carbocycles. The summed E-state index contributed by atoms with van der Waals surface area (Å²) in [4.78, 5) is 10.9. The number of hydrogen-bond acceptors (Lipinski definition) is 6. The molecule has 3 N–H and O–H groups in total. The summed E-state index contributed by atoms with van der Waals surface area (Å²) in [5, 5.41) is 2.88. The topological polar surface area (TPSA) is 94.5 Å². The van der Waals surface area contributed by atoms with Crippen LogP contribution in [0.5, 0.6) is 0 Å². The number of nitrogens with zero attached hydrogens (tertiary/aromatic N) is 2. The van der Waals surface area contributed by atoms with Gasteiger partial charge >= 0.3 is 6.18 Å². The Morgan fingerprint density at radius 1 is 1.32 bits per heavy atom. The average molecular weight is 496 g/mol. The van der Waals surface area contributed by atoms with Crippen LogP contribution in [0.4, 0.5) is 22.7 Å². The second-order valence-electron chi connectivity index (χ2n) is 6.92. The van der Waals surface area contributed by atoms with Crippen molar-refractivity contribution in [2.24, 2.45) is 0 Å². The lowest BCUT2D eigenvalue weighted by Gasteiger charge is -2.16. The Bertz CT molecular complexity index is 1220. The first-order valence-corrected chi connectivity index (χ1v) is 12.0. The van der Waals surface area contributed by atoms with E-state index in [4.69, 9.17) is 16.4 Å².